The van der Waals surface area contributed by atoms with Crippen molar-refractivity contribution in [1.82, 2.24) is 20.1 Å². The molecule has 0 bridgehead atoms. The van der Waals surface area contributed by atoms with Gasteiger partial charge in [-0.1, -0.05) is 33.2 Å². The van der Waals surface area contributed by atoms with Crippen LogP contribution in [0.5, 0.6) is 0 Å². The predicted octanol–water partition coefficient (Wildman–Crippen LogP) is 3.87. The summed E-state index contributed by atoms with van der Waals surface area (Å²) in [5.41, 5.74) is 2.98. The maximum Gasteiger partial charge on any atom is 0.230 e. The minimum absolute atomic E-state index is 0.312. The number of rotatable bonds is 3. The van der Waals surface area contributed by atoms with Gasteiger partial charge in [0.15, 0.2) is 0 Å². The topological polar surface area (TPSA) is 64.7 Å². The number of hydrogen-bond acceptors (Lipinski definition) is 5. The van der Waals surface area contributed by atoms with Gasteiger partial charge in [-0.05, 0) is 37.0 Å². The summed E-state index contributed by atoms with van der Waals surface area (Å²) in [6.45, 7) is 1.91. The molecule has 3 aromatic rings. The fraction of sp³-hybridized carbons (Fsp3) is 0.250. The first-order valence-corrected chi connectivity index (χ1v) is 7.87. The molecule has 2 aromatic heterocycles. The Morgan fingerprint density at radius 2 is 2.00 bits per heavy atom. The molecule has 0 saturated heterocycles. The Bertz CT molecular complexity index is 815. The third-order valence-corrected chi connectivity index (χ3v) is 4.53. The van der Waals surface area contributed by atoms with E-state index in [-0.39, 0.29) is 0 Å². The lowest BCUT2D eigenvalue weighted by atomic mass is 10.1. The first-order chi connectivity index (χ1) is 10.7. The molecule has 4 rings (SSSR count). The maximum absolute atomic E-state index is 5.45. The van der Waals surface area contributed by atoms with Crippen molar-refractivity contribution in [3.8, 4) is 11.4 Å². The molecule has 110 valence electrons. The Labute approximate surface area is 135 Å². The van der Waals surface area contributed by atoms with E-state index in [4.69, 9.17) is 4.52 Å². The van der Waals surface area contributed by atoms with Crippen molar-refractivity contribution in [2.24, 2.45) is 0 Å². The molecule has 0 radical (unpaired) electrons. The molecule has 0 aliphatic heterocycles. The van der Waals surface area contributed by atoms with E-state index in [1.54, 1.807) is 6.20 Å². The van der Waals surface area contributed by atoms with Crippen LogP contribution >= 0.6 is 15.9 Å². The lowest BCUT2D eigenvalue weighted by molar-refractivity contribution is 0.378. The van der Waals surface area contributed by atoms with Crippen LogP contribution in [0.15, 0.2) is 45.8 Å². The molecule has 0 amide bonds. The van der Waals surface area contributed by atoms with Crippen LogP contribution in [0.25, 0.3) is 11.4 Å². The van der Waals surface area contributed by atoms with Gasteiger partial charge in [0.1, 0.15) is 6.33 Å². The molecule has 6 heteroatoms. The highest BCUT2D eigenvalue weighted by Gasteiger charge is 2.43. The normalized spacial score (nSPS) is 20.1. The minimum Gasteiger partial charge on any atom is -0.339 e. The van der Waals surface area contributed by atoms with Crippen LogP contribution in [0, 0.1) is 6.92 Å². The summed E-state index contributed by atoms with van der Waals surface area (Å²) in [4.78, 5) is 12.7. The van der Waals surface area contributed by atoms with Crippen molar-refractivity contribution in [2.75, 3.05) is 0 Å². The van der Waals surface area contributed by atoms with Gasteiger partial charge < -0.3 is 4.52 Å². The third-order valence-electron chi connectivity index (χ3n) is 4.00. The highest BCUT2D eigenvalue weighted by molar-refractivity contribution is 9.10. The molecular formula is C16H13BrN4O. The molecule has 1 aromatic carbocycles. The molecule has 1 fully saturated rings. The van der Waals surface area contributed by atoms with E-state index in [1.165, 1.54) is 11.9 Å². The van der Waals surface area contributed by atoms with Gasteiger partial charge in [-0.2, -0.15) is 4.98 Å². The number of benzene rings is 1. The zero-order valence-electron chi connectivity index (χ0n) is 11.9. The first kappa shape index (κ1) is 13.6. The number of nitrogens with zero attached hydrogens (tertiary/aromatic N) is 4. The van der Waals surface area contributed by atoms with Crippen LogP contribution in [-0.2, 0) is 0 Å². The van der Waals surface area contributed by atoms with Crippen molar-refractivity contribution in [2.45, 2.75) is 25.2 Å². The average molecular weight is 357 g/mol. The molecule has 1 aliphatic carbocycles. The average Bonchev–Trinajstić information content (AvgIpc) is 3.18. The van der Waals surface area contributed by atoms with Crippen molar-refractivity contribution < 1.29 is 4.52 Å². The maximum atomic E-state index is 5.45. The van der Waals surface area contributed by atoms with E-state index in [1.807, 2.05) is 6.92 Å². The van der Waals surface area contributed by atoms with Crippen molar-refractivity contribution in [1.29, 1.82) is 0 Å². The lowest BCUT2D eigenvalue weighted by Crippen LogP contribution is -1.91. The predicted molar refractivity (Wildman–Crippen MR) is 84.3 cm³/mol. The largest absolute Gasteiger partial charge is 0.339 e. The van der Waals surface area contributed by atoms with Crippen molar-refractivity contribution in [3.05, 3.63) is 58.4 Å². The third kappa shape index (κ3) is 2.43. The van der Waals surface area contributed by atoms with Crippen LogP contribution in [0.4, 0.5) is 0 Å². The fourth-order valence-electron chi connectivity index (χ4n) is 2.65. The molecule has 0 N–H and O–H groups in total. The summed E-state index contributed by atoms with van der Waals surface area (Å²) in [5, 5.41) is 4.08. The Kier molecular flexibility index (Phi) is 3.26. The number of hydrogen-bond donors (Lipinski definition) is 0. The van der Waals surface area contributed by atoms with Crippen LogP contribution in [0.2, 0.25) is 0 Å². The summed E-state index contributed by atoms with van der Waals surface area (Å²) in [7, 11) is 0. The second kappa shape index (κ2) is 5.28. The van der Waals surface area contributed by atoms with Crippen LogP contribution in [0.3, 0.4) is 0 Å². The quantitative estimate of drug-likeness (QED) is 0.712. The molecule has 0 unspecified atom stereocenters. The molecule has 1 aliphatic rings. The molecule has 5 nitrogen and oxygen atoms in total. The molecule has 0 spiro atoms. The van der Waals surface area contributed by atoms with Gasteiger partial charge in [0, 0.05) is 16.6 Å². The van der Waals surface area contributed by atoms with Crippen molar-refractivity contribution in [3.63, 3.8) is 0 Å². The molecule has 2 atom stereocenters. The summed E-state index contributed by atoms with van der Waals surface area (Å²) in [6, 6.07) is 8.41. The smallest absolute Gasteiger partial charge is 0.230 e. The summed E-state index contributed by atoms with van der Waals surface area (Å²) >= 11 is 3.46. The second-order valence-corrected chi connectivity index (χ2v) is 6.39. The van der Waals surface area contributed by atoms with Gasteiger partial charge in [-0.25, -0.2) is 9.97 Å². The Morgan fingerprint density at radius 3 is 2.77 bits per heavy atom. The van der Waals surface area contributed by atoms with E-state index in [9.17, 15) is 0 Å². The zero-order valence-corrected chi connectivity index (χ0v) is 13.5. The van der Waals surface area contributed by atoms with E-state index < -0.39 is 0 Å². The van der Waals surface area contributed by atoms with Gasteiger partial charge in [-0.3, -0.25) is 0 Å². The number of aromatic nitrogens is 4. The zero-order chi connectivity index (χ0) is 15.1. The minimum atomic E-state index is 0.312. The number of halogens is 1. The summed E-state index contributed by atoms with van der Waals surface area (Å²) < 4.78 is 6.54. The Morgan fingerprint density at radius 1 is 1.18 bits per heavy atom. The number of aryl methyl sites for hydroxylation is 1. The molecule has 22 heavy (non-hydrogen) atoms. The SMILES string of the molecule is Cc1ncncc1-c1noc([C@@H]2C[C@H]2c2ccc(Br)cc2)n1. The molecular weight excluding hydrogens is 344 g/mol. The summed E-state index contributed by atoms with van der Waals surface area (Å²) in [5.74, 6) is 2.04. The second-order valence-electron chi connectivity index (χ2n) is 5.48. The Hall–Kier alpha value is -2.08. The van der Waals surface area contributed by atoms with Gasteiger partial charge in [-0.15, -0.1) is 0 Å². The van der Waals surface area contributed by atoms with Gasteiger partial charge in [0.05, 0.1) is 11.3 Å². The highest BCUT2D eigenvalue weighted by Crippen LogP contribution is 2.54. The van der Waals surface area contributed by atoms with E-state index in [2.05, 4.69) is 60.3 Å². The van der Waals surface area contributed by atoms with Gasteiger partial charge in [0.25, 0.3) is 0 Å². The highest BCUT2D eigenvalue weighted by atomic mass is 79.9. The van der Waals surface area contributed by atoms with E-state index in [0.29, 0.717) is 23.6 Å². The molecule has 2 heterocycles. The van der Waals surface area contributed by atoms with Gasteiger partial charge >= 0.3 is 0 Å². The first-order valence-electron chi connectivity index (χ1n) is 7.08. The van der Waals surface area contributed by atoms with Crippen molar-refractivity contribution >= 4 is 15.9 Å². The van der Waals surface area contributed by atoms with Gasteiger partial charge in [0.2, 0.25) is 11.7 Å². The fourth-order valence-corrected chi connectivity index (χ4v) is 2.92. The standard InChI is InChI=1S/C16H13BrN4O/c1-9-14(7-18-8-19-9)15-20-16(22-21-15)13-6-12(13)10-2-4-11(17)5-3-10/h2-5,7-8,12-13H,6H2,1H3/t12-,13+/m0/s1. The van der Waals surface area contributed by atoms with Crippen LogP contribution in [0.1, 0.15) is 35.4 Å². The van der Waals surface area contributed by atoms with E-state index in [0.717, 1.165) is 22.2 Å². The lowest BCUT2D eigenvalue weighted by Gasteiger charge is -1.98. The van der Waals surface area contributed by atoms with Crippen LogP contribution in [-0.4, -0.2) is 20.1 Å². The molecule has 1 saturated carbocycles. The summed E-state index contributed by atoms with van der Waals surface area (Å²) in [6.07, 6.45) is 4.29. The monoisotopic (exact) mass is 356 g/mol. The van der Waals surface area contributed by atoms with E-state index >= 15 is 0 Å². The van der Waals surface area contributed by atoms with Crippen LogP contribution < -0.4 is 0 Å². The Balaban J connectivity index is 1.56.